The van der Waals surface area contributed by atoms with Crippen LogP contribution in [0.5, 0.6) is 11.6 Å². The number of nitrogens with zero attached hydrogens (tertiary/aromatic N) is 4. The Labute approximate surface area is 277 Å². The zero-order chi connectivity index (χ0) is 34.0. The lowest BCUT2D eigenvalue weighted by atomic mass is 10.0. The second-order valence-electron chi connectivity index (χ2n) is 14.0. The fraction of sp³-hybridized carbons (Fsp3) is 0.562. The summed E-state index contributed by atoms with van der Waals surface area (Å²) in [5.41, 5.74) is -1.35. The number of rotatable bonds is 7. The number of aryl methyl sites for hydroxylation is 1. The predicted molar refractivity (Wildman–Crippen MR) is 169 cm³/mol. The number of carbonyl (C=O) groups excluding carboxylic acids is 4. The molecule has 4 heterocycles. The Morgan fingerprint density at radius 2 is 1.98 bits per heavy atom. The van der Waals surface area contributed by atoms with E-state index in [2.05, 4.69) is 25.4 Å². The van der Waals surface area contributed by atoms with Gasteiger partial charge in [-0.2, -0.15) is 5.10 Å². The first-order valence-corrected chi connectivity index (χ1v) is 17.7. The maximum Gasteiger partial charge on any atom is 0.272 e. The molecule has 1 saturated heterocycles. The Hall–Kier alpha value is -4.47. The van der Waals surface area contributed by atoms with Crippen LogP contribution < -0.4 is 20.1 Å². The second-order valence-corrected chi connectivity index (χ2v) is 16.2. The Kier molecular flexibility index (Phi) is 7.75. The molecule has 3 aliphatic carbocycles. The third-order valence-corrected chi connectivity index (χ3v) is 12.6. The molecule has 4 amide bonds. The number of hydrogen-bond acceptors (Lipinski definition) is 10. The summed E-state index contributed by atoms with van der Waals surface area (Å²) in [7, 11) is -2.29. The van der Waals surface area contributed by atoms with Crippen LogP contribution in [0, 0.1) is 17.8 Å². The van der Waals surface area contributed by atoms with Crippen LogP contribution in [0.4, 0.5) is 0 Å². The Morgan fingerprint density at radius 3 is 2.69 bits per heavy atom. The number of pyridine rings is 1. The van der Waals surface area contributed by atoms with Gasteiger partial charge in [0, 0.05) is 37.8 Å². The number of ether oxygens (including phenoxy) is 1. The van der Waals surface area contributed by atoms with Crippen LogP contribution in [-0.4, -0.2) is 91.8 Å². The molecule has 256 valence electrons. The number of aromatic hydroxyl groups is 1. The fourth-order valence-corrected chi connectivity index (χ4v) is 8.28. The second kappa shape index (κ2) is 11.6. The molecule has 15 nitrogen and oxygen atoms in total. The van der Waals surface area contributed by atoms with E-state index < -0.39 is 68.0 Å². The van der Waals surface area contributed by atoms with Gasteiger partial charge in [-0.25, -0.2) is 13.4 Å². The number of nitrogens with one attached hydrogen (secondary N) is 3. The van der Waals surface area contributed by atoms with Crippen molar-refractivity contribution in [2.75, 3.05) is 6.54 Å². The third kappa shape index (κ3) is 6.01. The van der Waals surface area contributed by atoms with Crippen LogP contribution in [0.3, 0.4) is 0 Å². The normalized spacial score (nSPS) is 32.8. The minimum absolute atomic E-state index is 0.0113. The van der Waals surface area contributed by atoms with Gasteiger partial charge in [0.2, 0.25) is 27.7 Å². The molecule has 0 aromatic carbocycles. The van der Waals surface area contributed by atoms with Crippen LogP contribution in [0.15, 0.2) is 42.7 Å². The van der Waals surface area contributed by atoms with Gasteiger partial charge in [-0.3, -0.25) is 28.6 Å². The molecule has 0 radical (unpaired) electrons. The lowest BCUT2D eigenvalue weighted by molar-refractivity contribution is -0.141. The first-order chi connectivity index (χ1) is 22.8. The Morgan fingerprint density at radius 1 is 1.19 bits per heavy atom. The van der Waals surface area contributed by atoms with Crippen molar-refractivity contribution in [1.82, 2.24) is 35.0 Å². The van der Waals surface area contributed by atoms with Crippen molar-refractivity contribution in [1.29, 1.82) is 0 Å². The van der Waals surface area contributed by atoms with E-state index in [4.69, 9.17) is 4.74 Å². The van der Waals surface area contributed by atoms with Crippen molar-refractivity contribution in [3.05, 3.63) is 48.4 Å². The number of carbonyl (C=O) groups is 4. The van der Waals surface area contributed by atoms with Crippen LogP contribution in [-0.2, 0) is 31.5 Å². The summed E-state index contributed by atoms with van der Waals surface area (Å²) in [6, 6.07) is 2.38. The van der Waals surface area contributed by atoms with Crippen molar-refractivity contribution in [3.8, 4) is 11.6 Å². The molecule has 4 fully saturated rings. The van der Waals surface area contributed by atoms with E-state index in [0.717, 1.165) is 6.42 Å². The SMILES string of the molecule is Cn1ccc(C(=O)N[C@@H]2C(=O)N3C[C@H](Oc4ccnc(O)c4)C[C@H]3C(=O)N[C@]3(C(=O)NS(=O)(=O)C4(C)CC4)CC3/C=C\CCC3CC32)n1. The van der Waals surface area contributed by atoms with Crippen molar-refractivity contribution in [3.63, 3.8) is 0 Å². The van der Waals surface area contributed by atoms with E-state index in [1.807, 2.05) is 12.2 Å². The molecule has 0 spiro atoms. The van der Waals surface area contributed by atoms with Gasteiger partial charge in [-0.05, 0) is 69.4 Å². The topological polar surface area (TPSA) is 202 Å². The molecular weight excluding hydrogens is 642 g/mol. The molecule has 2 aliphatic heterocycles. The minimum Gasteiger partial charge on any atom is -0.493 e. The van der Waals surface area contributed by atoms with Crippen molar-refractivity contribution in [2.24, 2.45) is 24.8 Å². The van der Waals surface area contributed by atoms with Gasteiger partial charge in [0.25, 0.3) is 11.8 Å². The smallest absolute Gasteiger partial charge is 0.272 e. The summed E-state index contributed by atoms with van der Waals surface area (Å²) in [4.78, 5) is 60.7. The maximum absolute atomic E-state index is 14.4. The van der Waals surface area contributed by atoms with Gasteiger partial charge < -0.3 is 25.4 Å². The van der Waals surface area contributed by atoms with Gasteiger partial charge in [-0.15, -0.1) is 0 Å². The number of allylic oxidation sites excluding steroid dienone is 1. The molecule has 7 atom stereocenters. The largest absolute Gasteiger partial charge is 0.493 e. The van der Waals surface area contributed by atoms with Gasteiger partial charge in [0.15, 0.2) is 0 Å². The van der Waals surface area contributed by atoms with E-state index in [1.165, 1.54) is 21.8 Å². The molecule has 5 aliphatic rings. The molecule has 0 bridgehead atoms. The van der Waals surface area contributed by atoms with Crippen molar-refractivity contribution < 1.29 is 37.4 Å². The average molecular weight is 682 g/mol. The monoisotopic (exact) mass is 681 g/mol. The summed E-state index contributed by atoms with van der Waals surface area (Å²) < 4.78 is 34.8. The van der Waals surface area contributed by atoms with Gasteiger partial charge in [-0.1, -0.05) is 12.2 Å². The van der Waals surface area contributed by atoms with Crippen LogP contribution in [0.1, 0.15) is 62.4 Å². The van der Waals surface area contributed by atoms with Gasteiger partial charge >= 0.3 is 0 Å². The summed E-state index contributed by atoms with van der Waals surface area (Å²) in [6.07, 6.45) is 9.33. The molecule has 4 N–H and O–H groups in total. The molecule has 2 aromatic heterocycles. The zero-order valence-electron chi connectivity index (χ0n) is 26.7. The van der Waals surface area contributed by atoms with Crippen molar-refractivity contribution >= 4 is 33.7 Å². The number of aromatic nitrogens is 3. The number of amides is 4. The summed E-state index contributed by atoms with van der Waals surface area (Å²) >= 11 is 0. The number of hydrogen-bond donors (Lipinski definition) is 4. The molecule has 3 unspecified atom stereocenters. The first-order valence-electron chi connectivity index (χ1n) is 16.3. The molecule has 7 rings (SSSR count). The molecule has 2 aromatic rings. The predicted octanol–water partition coefficient (Wildman–Crippen LogP) is 0.527. The number of sulfonamides is 1. The van der Waals surface area contributed by atoms with E-state index >= 15 is 0 Å². The standard InChI is InChI=1S/C32H39N7O8S/c1-31(9-10-31)48(45,46)37-30(44)32-16-19(32)6-4-3-5-18-13-22(18)26(34-27(41)23-8-12-38(2)36-23)29(43)39-17-21(14-24(39)28(42)35-32)47-20-7-11-33-25(40)15-20/h4,6-8,11-12,15,18-19,21-22,24,26H,3,5,9-10,13-14,16-17H2,1-2H3,(H,33,40)(H,34,41)(H,35,42)(H,37,44)/b6-4-/t18?,19?,21-,22?,24+,26+,32-/m1/s1. The van der Waals surface area contributed by atoms with Crippen LogP contribution in [0.25, 0.3) is 0 Å². The van der Waals surface area contributed by atoms with E-state index in [-0.39, 0.29) is 48.5 Å². The summed E-state index contributed by atoms with van der Waals surface area (Å²) in [5.74, 6) is -2.80. The fourth-order valence-electron chi connectivity index (χ4n) is 6.97. The molecule has 16 heteroatoms. The van der Waals surface area contributed by atoms with Crippen molar-refractivity contribution in [2.45, 2.75) is 80.3 Å². The Balaban J connectivity index is 1.19. The van der Waals surface area contributed by atoms with Crippen LogP contribution >= 0.6 is 0 Å². The first kappa shape index (κ1) is 32.1. The van der Waals surface area contributed by atoms with E-state index in [9.17, 15) is 32.7 Å². The third-order valence-electron chi connectivity index (χ3n) is 10.4. The molecular formula is C32H39N7O8S. The molecule has 3 saturated carbocycles. The highest BCUT2D eigenvalue weighted by molar-refractivity contribution is 7.91. The van der Waals surface area contributed by atoms with Gasteiger partial charge in [0.05, 0.1) is 11.3 Å². The van der Waals surface area contributed by atoms with Gasteiger partial charge in [0.1, 0.15) is 35.2 Å². The highest BCUT2D eigenvalue weighted by Gasteiger charge is 2.63. The maximum atomic E-state index is 14.4. The summed E-state index contributed by atoms with van der Waals surface area (Å²) in [6.45, 7) is 1.57. The number of fused-ring (bicyclic) bond motifs is 3. The lowest BCUT2D eigenvalue weighted by Gasteiger charge is -2.30. The van der Waals surface area contributed by atoms with E-state index in [1.54, 1.807) is 32.3 Å². The highest BCUT2D eigenvalue weighted by atomic mass is 32.2. The zero-order valence-corrected chi connectivity index (χ0v) is 27.5. The lowest BCUT2D eigenvalue weighted by Crippen LogP contribution is -2.59. The molecule has 48 heavy (non-hydrogen) atoms. The highest BCUT2D eigenvalue weighted by Crippen LogP contribution is 2.49. The summed E-state index contributed by atoms with van der Waals surface area (Å²) in [5, 5.41) is 19.8. The van der Waals surface area contributed by atoms with E-state index in [0.29, 0.717) is 25.7 Å². The average Bonchev–Trinajstić information content (AvgIpc) is 3.98. The Bertz CT molecular complexity index is 1810. The van der Waals surface area contributed by atoms with Crippen LogP contribution in [0.2, 0.25) is 0 Å². The minimum atomic E-state index is -3.97. The quantitative estimate of drug-likeness (QED) is 0.299.